The molecule has 114 valence electrons. The van der Waals surface area contributed by atoms with Gasteiger partial charge in [-0.25, -0.2) is 0 Å². The predicted molar refractivity (Wildman–Crippen MR) is 87.5 cm³/mol. The Morgan fingerprint density at radius 1 is 1.30 bits per heavy atom. The molecule has 0 radical (unpaired) electrons. The van der Waals surface area contributed by atoms with Crippen LogP contribution >= 0.6 is 11.3 Å². The summed E-state index contributed by atoms with van der Waals surface area (Å²) in [6.45, 7) is 8.55. The highest BCUT2D eigenvalue weighted by Gasteiger charge is 2.31. The molecular weight excluding hydrogens is 266 g/mol. The molecule has 1 heterocycles. The average molecular weight is 295 g/mol. The van der Waals surface area contributed by atoms with Crippen LogP contribution in [0.15, 0.2) is 12.1 Å². The lowest BCUT2D eigenvalue weighted by Gasteiger charge is -2.37. The summed E-state index contributed by atoms with van der Waals surface area (Å²) >= 11 is 1.99. The summed E-state index contributed by atoms with van der Waals surface area (Å²) in [6, 6.07) is 5.17. The van der Waals surface area contributed by atoms with E-state index in [0.717, 1.165) is 25.5 Å². The molecule has 0 aromatic carbocycles. The minimum atomic E-state index is 0.534. The van der Waals surface area contributed by atoms with Crippen LogP contribution in [0.3, 0.4) is 0 Å². The van der Waals surface area contributed by atoms with E-state index < -0.39 is 0 Å². The zero-order chi connectivity index (χ0) is 14.4. The summed E-state index contributed by atoms with van der Waals surface area (Å²) in [6.07, 6.45) is 6.67. The van der Waals surface area contributed by atoms with Crippen LogP contribution in [-0.2, 0) is 11.2 Å². The first-order valence-electron chi connectivity index (χ1n) is 8.20. The quantitative estimate of drug-likeness (QED) is 0.721. The van der Waals surface area contributed by atoms with E-state index >= 15 is 0 Å². The maximum atomic E-state index is 5.68. The van der Waals surface area contributed by atoms with Gasteiger partial charge in [-0.15, -0.1) is 11.3 Å². The summed E-state index contributed by atoms with van der Waals surface area (Å²) in [5, 5.41) is 3.74. The second kappa shape index (κ2) is 8.16. The number of ether oxygens (including phenoxy) is 1. The van der Waals surface area contributed by atoms with Gasteiger partial charge in [-0.05, 0) is 63.6 Å². The molecule has 1 aliphatic rings. The molecule has 1 aliphatic carbocycles. The van der Waals surface area contributed by atoms with E-state index in [4.69, 9.17) is 4.74 Å². The van der Waals surface area contributed by atoms with Crippen LogP contribution in [0, 0.1) is 5.92 Å². The summed E-state index contributed by atoms with van der Waals surface area (Å²) in [7, 11) is 0. The van der Waals surface area contributed by atoms with Gasteiger partial charge in [-0.2, -0.15) is 0 Å². The average Bonchev–Trinajstić information content (AvgIpc) is 2.89. The molecule has 0 spiro atoms. The molecule has 1 fully saturated rings. The van der Waals surface area contributed by atoms with Crippen molar-refractivity contribution in [3.8, 4) is 0 Å². The molecule has 1 saturated carbocycles. The lowest BCUT2D eigenvalue weighted by molar-refractivity contribution is -0.0290. The summed E-state index contributed by atoms with van der Waals surface area (Å²) < 4.78 is 5.68. The topological polar surface area (TPSA) is 21.3 Å². The van der Waals surface area contributed by atoms with Crippen molar-refractivity contribution in [1.29, 1.82) is 0 Å². The van der Waals surface area contributed by atoms with E-state index in [1.165, 1.54) is 35.4 Å². The van der Waals surface area contributed by atoms with Crippen LogP contribution in [0.4, 0.5) is 0 Å². The molecule has 0 bridgehead atoms. The molecule has 1 N–H and O–H groups in total. The van der Waals surface area contributed by atoms with Crippen molar-refractivity contribution in [2.75, 3.05) is 13.2 Å². The van der Waals surface area contributed by atoms with Gasteiger partial charge >= 0.3 is 0 Å². The first kappa shape index (κ1) is 16.0. The zero-order valence-electron chi connectivity index (χ0n) is 13.2. The number of hydrogen-bond acceptors (Lipinski definition) is 3. The molecule has 1 atom stereocenters. The SMILES string of the molecule is CCCNC(CC1CC(OCC)C1)c1ccc(CC)s1. The van der Waals surface area contributed by atoms with Crippen LogP contribution in [0.5, 0.6) is 0 Å². The van der Waals surface area contributed by atoms with Crippen molar-refractivity contribution in [2.24, 2.45) is 5.92 Å². The van der Waals surface area contributed by atoms with Crippen LogP contribution in [0.2, 0.25) is 0 Å². The third kappa shape index (κ3) is 4.31. The first-order chi connectivity index (χ1) is 9.76. The largest absolute Gasteiger partial charge is 0.378 e. The van der Waals surface area contributed by atoms with Gasteiger partial charge in [0.2, 0.25) is 0 Å². The van der Waals surface area contributed by atoms with E-state index in [1.807, 2.05) is 11.3 Å². The molecule has 1 aromatic heterocycles. The molecule has 0 aliphatic heterocycles. The second-order valence-corrected chi connectivity index (χ2v) is 7.01. The maximum absolute atomic E-state index is 5.68. The Bertz CT molecular complexity index is 384. The van der Waals surface area contributed by atoms with Crippen LogP contribution in [-0.4, -0.2) is 19.3 Å². The minimum absolute atomic E-state index is 0.534. The smallest absolute Gasteiger partial charge is 0.0580 e. The normalized spacial score (nSPS) is 23.6. The van der Waals surface area contributed by atoms with Crippen molar-refractivity contribution in [1.82, 2.24) is 5.32 Å². The standard InChI is InChI=1S/C17H29NOS/c1-4-9-18-16(17-8-7-15(5-2)20-17)12-13-10-14(11-13)19-6-3/h7-8,13-14,16,18H,4-6,9-12H2,1-3H3. The highest BCUT2D eigenvalue weighted by Crippen LogP contribution is 2.38. The van der Waals surface area contributed by atoms with Gasteiger partial charge in [-0.3, -0.25) is 0 Å². The van der Waals surface area contributed by atoms with Crippen molar-refractivity contribution in [3.05, 3.63) is 21.9 Å². The van der Waals surface area contributed by atoms with E-state index in [9.17, 15) is 0 Å². The summed E-state index contributed by atoms with van der Waals surface area (Å²) in [5.41, 5.74) is 0. The van der Waals surface area contributed by atoms with Gasteiger partial charge in [-0.1, -0.05) is 13.8 Å². The van der Waals surface area contributed by atoms with E-state index in [0.29, 0.717) is 12.1 Å². The fourth-order valence-corrected chi connectivity index (χ4v) is 4.00. The van der Waals surface area contributed by atoms with Crippen LogP contribution < -0.4 is 5.32 Å². The molecule has 1 aromatic rings. The molecule has 2 rings (SSSR count). The lowest BCUT2D eigenvalue weighted by atomic mass is 9.78. The van der Waals surface area contributed by atoms with Gasteiger partial charge < -0.3 is 10.1 Å². The van der Waals surface area contributed by atoms with Crippen molar-refractivity contribution >= 4 is 11.3 Å². The Morgan fingerprint density at radius 3 is 2.70 bits per heavy atom. The number of nitrogens with one attached hydrogen (secondary N) is 1. The van der Waals surface area contributed by atoms with Gasteiger partial charge in [0.05, 0.1) is 6.10 Å². The maximum Gasteiger partial charge on any atom is 0.0580 e. The highest BCUT2D eigenvalue weighted by molar-refractivity contribution is 7.12. The molecule has 2 nitrogen and oxygen atoms in total. The molecule has 1 unspecified atom stereocenters. The Balaban J connectivity index is 1.87. The Hall–Kier alpha value is -0.380. The molecule has 20 heavy (non-hydrogen) atoms. The Kier molecular flexibility index (Phi) is 6.53. The van der Waals surface area contributed by atoms with Crippen molar-refractivity contribution < 1.29 is 4.74 Å². The zero-order valence-corrected chi connectivity index (χ0v) is 14.0. The Morgan fingerprint density at radius 2 is 2.10 bits per heavy atom. The fourth-order valence-electron chi connectivity index (χ4n) is 2.96. The molecule has 0 saturated heterocycles. The van der Waals surface area contributed by atoms with Gasteiger partial charge in [0, 0.05) is 22.4 Å². The summed E-state index contributed by atoms with van der Waals surface area (Å²) in [5.74, 6) is 0.841. The van der Waals surface area contributed by atoms with E-state index in [2.05, 4.69) is 38.2 Å². The van der Waals surface area contributed by atoms with Crippen LogP contribution in [0.25, 0.3) is 0 Å². The highest BCUT2D eigenvalue weighted by atomic mass is 32.1. The van der Waals surface area contributed by atoms with E-state index in [-0.39, 0.29) is 0 Å². The monoisotopic (exact) mass is 295 g/mol. The number of thiophene rings is 1. The molecule has 3 heteroatoms. The second-order valence-electron chi connectivity index (χ2n) is 5.81. The predicted octanol–water partition coefficient (Wildman–Crippen LogP) is 4.56. The van der Waals surface area contributed by atoms with Gasteiger partial charge in [0.25, 0.3) is 0 Å². The number of aryl methyl sites for hydroxylation is 1. The van der Waals surface area contributed by atoms with Crippen molar-refractivity contribution in [2.45, 2.75) is 65.0 Å². The number of rotatable bonds is 9. The molecule has 0 amide bonds. The first-order valence-corrected chi connectivity index (χ1v) is 9.02. The third-order valence-electron chi connectivity index (χ3n) is 4.18. The van der Waals surface area contributed by atoms with Crippen LogP contribution in [0.1, 0.15) is 62.3 Å². The lowest BCUT2D eigenvalue weighted by Crippen LogP contribution is -2.34. The van der Waals surface area contributed by atoms with Gasteiger partial charge in [0.1, 0.15) is 0 Å². The summed E-state index contributed by atoms with van der Waals surface area (Å²) in [4.78, 5) is 3.03. The molecular formula is C17H29NOS. The number of hydrogen-bond donors (Lipinski definition) is 1. The fraction of sp³-hybridized carbons (Fsp3) is 0.765. The minimum Gasteiger partial charge on any atom is -0.378 e. The van der Waals surface area contributed by atoms with E-state index in [1.54, 1.807) is 0 Å². The van der Waals surface area contributed by atoms with Crippen molar-refractivity contribution in [3.63, 3.8) is 0 Å². The third-order valence-corrected chi connectivity index (χ3v) is 5.52. The van der Waals surface area contributed by atoms with Gasteiger partial charge in [0.15, 0.2) is 0 Å². The Labute approximate surface area is 127 Å².